The SMILES string of the molecule is CC(C)c1cccn(CC(F)(F)F)c1=O. The maximum atomic E-state index is 12.1. The maximum Gasteiger partial charge on any atom is 0.406 e. The fourth-order valence-electron chi connectivity index (χ4n) is 1.31. The molecule has 0 aliphatic heterocycles. The Hall–Kier alpha value is -1.26. The van der Waals surface area contributed by atoms with Crippen molar-refractivity contribution < 1.29 is 13.2 Å². The van der Waals surface area contributed by atoms with E-state index in [0.29, 0.717) is 10.1 Å². The highest BCUT2D eigenvalue weighted by Crippen LogP contribution is 2.17. The lowest BCUT2D eigenvalue weighted by Crippen LogP contribution is -2.29. The highest BCUT2D eigenvalue weighted by molar-refractivity contribution is 5.14. The molecule has 2 nitrogen and oxygen atoms in total. The summed E-state index contributed by atoms with van der Waals surface area (Å²) in [5, 5.41) is 0. The van der Waals surface area contributed by atoms with Crippen molar-refractivity contribution in [1.29, 1.82) is 0 Å². The van der Waals surface area contributed by atoms with Crippen LogP contribution in [0.15, 0.2) is 23.1 Å². The summed E-state index contributed by atoms with van der Waals surface area (Å²) in [4.78, 5) is 11.6. The molecule has 1 aromatic heterocycles. The maximum absolute atomic E-state index is 12.1. The van der Waals surface area contributed by atoms with Crippen LogP contribution in [0, 0.1) is 0 Å². The minimum absolute atomic E-state index is 0.0711. The molecule has 0 atom stereocenters. The smallest absolute Gasteiger partial charge is 0.306 e. The number of aromatic nitrogens is 1. The van der Waals surface area contributed by atoms with Crippen molar-refractivity contribution in [2.24, 2.45) is 0 Å². The van der Waals surface area contributed by atoms with Gasteiger partial charge in [-0.2, -0.15) is 13.2 Å². The molecule has 0 aliphatic carbocycles. The van der Waals surface area contributed by atoms with E-state index >= 15 is 0 Å². The number of hydrogen-bond donors (Lipinski definition) is 0. The van der Waals surface area contributed by atoms with E-state index in [1.165, 1.54) is 6.07 Å². The highest BCUT2D eigenvalue weighted by atomic mass is 19.4. The normalized spacial score (nSPS) is 12.1. The van der Waals surface area contributed by atoms with Gasteiger partial charge in [-0.1, -0.05) is 19.9 Å². The fraction of sp³-hybridized carbons (Fsp3) is 0.500. The zero-order valence-electron chi connectivity index (χ0n) is 8.51. The van der Waals surface area contributed by atoms with E-state index in [4.69, 9.17) is 0 Å². The number of rotatable bonds is 2. The summed E-state index contributed by atoms with van der Waals surface area (Å²) in [5.74, 6) is -0.0711. The predicted octanol–water partition coefficient (Wildman–Crippen LogP) is 2.53. The number of hydrogen-bond acceptors (Lipinski definition) is 1. The van der Waals surface area contributed by atoms with Gasteiger partial charge in [0.05, 0.1) is 0 Å². The lowest BCUT2D eigenvalue weighted by Gasteiger charge is -2.11. The Bertz CT molecular complexity index is 392. The lowest BCUT2D eigenvalue weighted by molar-refractivity contribution is -0.141. The Morgan fingerprint density at radius 2 is 2.00 bits per heavy atom. The van der Waals surface area contributed by atoms with Crippen LogP contribution in [-0.2, 0) is 6.54 Å². The second-order valence-corrected chi connectivity index (χ2v) is 3.67. The van der Waals surface area contributed by atoms with E-state index in [-0.39, 0.29) is 5.92 Å². The molecule has 0 bridgehead atoms. The Morgan fingerprint density at radius 3 is 2.47 bits per heavy atom. The quantitative estimate of drug-likeness (QED) is 0.749. The van der Waals surface area contributed by atoms with Crippen molar-refractivity contribution in [3.8, 4) is 0 Å². The van der Waals surface area contributed by atoms with E-state index in [0.717, 1.165) is 6.20 Å². The molecule has 1 rings (SSSR count). The van der Waals surface area contributed by atoms with E-state index < -0.39 is 18.3 Å². The molecule has 0 N–H and O–H groups in total. The third-order valence-electron chi connectivity index (χ3n) is 2.02. The zero-order chi connectivity index (χ0) is 11.6. The molecule has 0 amide bonds. The summed E-state index contributed by atoms with van der Waals surface area (Å²) < 4.78 is 37.0. The Kier molecular flexibility index (Phi) is 3.21. The highest BCUT2D eigenvalue weighted by Gasteiger charge is 2.28. The van der Waals surface area contributed by atoms with Crippen molar-refractivity contribution in [3.05, 3.63) is 34.2 Å². The molecule has 0 saturated heterocycles. The molecular formula is C10H12F3NO. The monoisotopic (exact) mass is 219 g/mol. The Labute approximate surface area is 85.3 Å². The second-order valence-electron chi connectivity index (χ2n) is 3.67. The van der Waals surface area contributed by atoms with E-state index in [1.807, 2.05) is 0 Å². The van der Waals surface area contributed by atoms with Gasteiger partial charge in [-0.3, -0.25) is 4.79 Å². The summed E-state index contributed by atoms with van der Waals surface area (Å²) in [6, 6.07) is 3.02. The Morgan fingerprint density at radius 1 is 1.40 bits per heavy atom. The van der Waals surface area contributed by atoms with Crippen molar-refractivity contribution >= 4 is 0 Å². The predicted molar refractivity (Wildman–Crippen MR) is 50.8 cm³/mol. The van der Waals surface area contributed by atoms with Crippen LogP contribution in [0.1, 0.15) is 25.3 Å². The third kappa shape index (κ3) is 3.11. The van der Waals surface area contributed by atoms with Crippen LogP contribution in [0.4, 0.5) is 13.2 Å². The first-order valence-corrected chi connectivity index (χ1v) is 4.57. The number of halogens is 3. The van der Waals surface area contributed by atoms with Gasteiger partial charge in [-0.15, -0.1) is 0 Å². The van der Waals surface area contributed by atoms with Crippen LogP contribution in [-0.4, -0.2) is 10.7 Å². The van der Waals surface area contributed by atoms with Gasteiger partial charge in [0.1, 0.15) is 6.54 Å². The van der Waals surface area contributed by atoms with Gasteiger partial charge in [0.25, 0.3) is 5.56 Å². The zero-order valence-corrected chi connectivity index (χ0v) is 8.51. The second kappa shape index (κ2) is 4.08. The van der Waals surface area contributed by atoms with Crippen LogP contribution < -0.4 is 5.56 Å². The van der Waals surface area contributed by atoms with Crippen molar-refractivity contribution in [2.45, 2.75) is 32.5 Å². The van der Waals surface area contributed by atoms with Gasteiger partial charge in [0.15, 0.2) is 0 Å². The minimum atomic E-state index is -4.36. The minimum Gasteiger partial charge on any atom is -0.306 e. The first-order chi connectivity index (χ1) is 6.81. The van der Waals surface area contributed by atoms with Crippen LogP contribution in [0.2, 0.25) is 0 Å². The van der Waals surface area contributed by atoms with E-state index in [9.17, 15) is 18.0 Å². The Balaban J connectivity index is 3.11. The van der Waals surface area contributed by atoms with Crippen molar-refractivity contribution in [3.63, 3.8) is 0 Å². The van der Waals surface area contributed by atoms with E-state index in [1.54, 1.807) is 19.9 Å². The first kappa shape index (κ1) is 11.8. The van der Waals surface area contributed by atoms with Gasteiger partial charge in [0, 0.05) is 11.8 Å². The molecule has 0 radical (unpaired) electrons. The summed E-state index contributed by atoms with van der Waals surface area (Å²) in [5.41, 5.74) is -0.161. The molecular weight excluding hydrogens is 207 g/mol. The standard InChI is InChI=1S/C10H12F3NO/c1-7(2)8-4-3-5-14(9(8)15)6-10(11,12)13/h3-5,7H,6H2,1-2H3. The van der Waals surface area contributed by atoms with Crippen LogP contribution in [0.5, 0.6) is 0 Å². The largest absolute Gasteiger partial charge is 0.406 e. The van der Waals surface area contributed by atoms with Crippen LogP contribution in [0.3, 0.4) is 0 Å². The molecule has 15 heavy (non-hydrogen) atoms. The molecule has 0 aromatic carbocycles. The molecule has 1 heterocycles. The average molecular weight is 219 g/mol. The van der Waals surface area contributed by atoms with Gasteiger partial charge in [0.2, 0.25) is 0 Å². The molecule has 84 valence electrons. The van der Waals surface area contributed by atoms with Crippen molar-refractivity contribution in [1.82, 2.24) is 4.57 Å². The lowest BCUT2D eigenvalue weighted by atomic mass is 10.1. The van der Waals surface area contributed by atoms with Crippen LogP contribution >= 0.6 is 0 Å². The summed E-state index contributed by atoms with van der Waals surface area (Å²) in [7, 11) is 0. The molecule has 0 spiro atoms. The van der Waals surface area contributed by atoms with Crippen LogP contribution in [0.25, 0.3) is 0 Å². The van der Waals surface area contributed by atoms with Gasteiger partial charge < -0.3 is 4.57 Å². The molecule has 0 saturated carbocycles. The molecule has 1 aromatic rings. The molecule has 0 unspecified atom stereocenters. The molecule has 0 fully saturated rings. The van der Waals surface area contributed by atoms with Gasteiger partial charge >= 0.3 is 6.18 Å². The van der Waals surface area contributed by atoms with Crippen molar-refractivity contribution in [2.75, 3.05) is 0 Å². The molecule has 5 heteroatoms. The number of alkyl halides is 3. The first-order valence-electron chi connectivity index (χ1n) is 4.57. The summed E-state index contributed by atoms with van der Waals surface area (Å²) in [6.45, 7) is 2.32. The topological polar surface area (TPSA) is 22.0 Å². The summed E-state index contributed by atoms with van der Waals surface area (Å²) in [6.07, 6.45) is -3.21. The van der Waals surface area contributed by atoms with Gasteiger partial charge in [-0.05, 0) is 12.0 Å². The van der Waals surface area contributed by atoms with E-state index in [2.05, 4.69) is 0 Å². The number of nitrogens with zero attached hydrogens (tertiary/aromatic N) is 1. The average Bonchev–Trinajstić information content (AvgIpc) is 2.05. The molecule has 0 aliphatic rings. The fourth-order valence-corrected chi connectivity index (χ4v) is 1.31. The number of pyridine rings is 1. The van der Waals surface area contributed by atoms with Gasteiger partial charge in [-0.25, -0.2) is 0 Å². The third-order valence-corrected chi connectivity index (χ3v) is 2.02. The summed E-state index contributed by atoms with van der Waals surface area (Å²) >= 11 is 0.